The Bertz CT molecular complexity index is 706. The molecular weight excluding hydrogens is 310 g/mol. The molecule has 0 unspecified atom stereocenters. The molecule has 0 fully saturated rings. The van der Waals surface area contributed by atoms with Gasteiger partial charge in [0.2, 0.25) is 0 Å². The largest absolute Gasteiger partial charge is 0.480 e. The fourth-order valence-corrected chi connectivity index (χ4v) is 2.89. The summed E-state index contributed by atoms with van der Waals surface area (Å²) in [6, 6.07) is 14.3. The van der Waals surface area contributed by atoms with Crippen LogP contribution in [0.5, 0.6) is 5.75 Å². The Morgan fingerprint density at radius 2 is 1.60 bits per heavy atom. The monoisotopic (exact) mass is 339 g/mol. The van der Waals surface area contributed by atoms with E-state index >= 15 is 0 Å². The highest BCUT2D eigenvalue weighted by atomic mass is 16.5. The summed E-state index contributed by atoms with van der Waals surface area (Å²) in [6.45, 7) is 10.2. The Hall–Kier alpha value is -2.29. The number of nitrogens with one attached hydrogen (secondary N) is 1. The Morgan fingerprint density at radius 1 is 0.960 bits per heavy atom. The van der Waals surface area contributed by atoms with Crippen molar-refractivity contribution in [3.8, 4) is 5.75 Å². The highest BCUT2D eigenvalue weighted by Crippen LogP contribution is 2.22. The van der Waals surface area contributed by atoms with E-state index in [0.29, 0.717) is 6.42 Å². The van der Waals surface area contributed by atoms with Crippen LogP contribution in [0.25, 0.3) is 0 Å². The van der Waals surface area contributed by atoms with Gasteiger partial charge in [-0.2, -0.15) is 0 Å². The van der Waals surface area contributed by atoms with Crippen molar-refractivity contribution in [3.05, 3.63) is 64.7 Å². The molecule has 0 radical (unpaired) electrons. The number of benzene rings is 2. The molecule has 2 aromatic rings. The molecule has 25 heavy (non-hydrogen) atoms. The summed E-state index contributed by atoms with van der Waals surface area (Å²) < 4.78 is 6.00. The summed E-state index contributed by atoms with van der Waals surface area (Å²) in [4.78, 5) is 12.7. The van der Waals surface area contributed by atoms with Crippen molar-refractivity contribution in [1.82, 2.24) is 5.32 Å². The normalized spacial score (nSPS) is 13.2. The van der Waals surface area contributed by atoms with Crippen molar-refractivity contribution >= 4 is 5.91 Å². The van der Waals surface area contributed by atoms with Crippen molar-refractivity contribution in [3.63, 3.8) is 0 Å². The van der Waals surface area contributed by atoms with Gasteiger partial charge in [-0.05, 0) is 50.8 Å². The number of amides is 1. The van der Waals surface area contributed by atoms with Gasteiger partial charge in [0, 0.05) is 0 Å². The fraction of sp³-hybridized carbons (Fsp3) is 0.409. The number of carbonyl (C=O) groups excluding carboxylic acids is 1. The smallest absolute Gasteiger partial charge is 0.261 e. The Balaban J connectivity index is 2.08. The van der Waals surface area contributed by atoms with Gasteiger partial charge in [-0.1, -0.05) is 61.4 Å². The lowest BCUT2D eigenvalue weighted by molar-refractivity contribution is -0.129. The predicted octanol–water partition coefficient (Wildman–Crippen LogP) is 5.04. The third kappa shape index (κ3) is 5.09. The number of aryl methyl sites for hydroxylation is 3. The average Bonchev–Trinajstić information content (AvgIpc) is 2.59. The van der Waals surface area contributed by atoms with Gasteiger partial charge < -0.3 is 10.1 Å². The molecule has 1 N–H and O–H groups in total. The van der Waals surface area contributed by atoms with Crippen LogP contribution in [0.1, 0.15) is 55.0 Å². The topological polar surface area (TPSA) is 38.3 Å². The van der Waals surface area contributed by atoms with Crippen LogP contribution in [0, 0.1) is 20.8 Å². The van der Waals surface area contributed by atoms with Gasteiger partial charge in [0.1, 0.15) is 5.75 Å². The fourth-order valence-electron chi connectivity index (χ4n) is 2.89. The first kappa shape index (κ1) is 19.0. The van der Waals surface area contributed by atoms with E-state index in [2.05, 4.69) is 49.5 Å². The first-order valence-electron chi connectivity index (χ1n) is 9.05. The number of hydrogen-bond donors (Lipinski definition) is 1. The van der Waals surface area contributed by atoms with Gasteiger partial charge in [-0.25, -0.2) is 0 Å². The number of carbonyl (C=O) groups is 1. The van der Waals surface area contributed by atoms with E-state index in [1.165, 1.54) is 11.1 Å². The zero-order valence-electron chi connectivity index (χ0n) is 15.9. The molecule has 2 rings (SSSR count). The lowest BCUT2D eigenvalue weighted by Crippen LogP contribution is -2.40. The summed E-state index contributed by atoms with van der Waals surface area (Å²) in [5.74, 6) is 0.714. The Kier molecular flexibility index (Phi) is 6.63. The molecule has 0 saturated carbocycles. The molecule has 0 bridgehead atoms. The second-order valence-electron chi connectivity index (χ2n) is 6.66. The summed E-state index contributed by atoms with van der Waals surface area (Å²) in [5.41, 5.74) is 4.59. The third-order valence-electron chi connectivity index (χ3n) is 4.47. The zero-order valence-corrected chi connectivity index (χ0v) is 15.9. The molecule has 0 aliphatic heterocycles. The van der Waals surface area contributed by atoms with Gasteiger partial charge in [0.05, 0.1) is 6.04 Å². The molecule has 3 heteroatoms. The Morgan fingerprint density at radius 3 is 2.16 bits per heavy atom. The molecule has 2 aromatic carbocycles. The van der Waals surface area contributed by atoms with Crippen LogP contribution in [-0.2, 0) is 4.79 Å². The highest BCUT2D eigenvalue weighted by Gasteiger charge is 2.22. The summed E-state index contributed by atoms with van der Waals surface area (Å²) >= 11 is 0. The minimum Gasteiger partial charge on any atom is -0.480 e. The van der Waals surface area contributed by atoms with Crippen LogP contribution in [0.3, 0.4) is 0 Å². The standard InChI is InChI=1S/C22H29NO2/c1-6-19(18-11-8-15(3)9-12-18)23-22(24)20(7-2)25-21-13-10-16(4)14-17(21)5/h8-14,19-20H,6-7H2,1-5H3,(H,23,24)/t19-,20+/m1/s1. The molecule has 3 nitrogen and oxygen atoms in total. The van der Waals surface area contributed by atoms with Crippen LogP contribution in [-0.4, -0.2) is 12.0 Å². The highest BCUT2D eigenvalue weighted by molar-refractivity contribution is 5.81. The second kappa shape index (κ2) is 8.70. The van der Waals surface area contributed by atoms with Crippen molar-refractivity contribution in [2.24, 2.45) is 0 Å². The van der Waals surface area contributed by atoms with Gasteiger partial charge in [-0.15, -0.1) is 0 Å². The maximum absolute atomic E-state index is 12.7. The summed E-state index contributed by atoms with van der Waals surface area (Å²) in [7, 11) is 0. The number of rotatable bonds is 7. The van der Waals surface area contributed by atoms with Crippen molar-refractivity contribution in [2.45, 2.75) is 59.6 Å². The third-order valence-corrected chi connectivity index (χ3v) is 4.47. The maximum atomic E-state index is 12.7. The minimum absolute atomic E-state index is 0.00450. The van der Waals surface area contributed by atoms with Gasteiger partial charge in [0.15, 0.2) is 6.10 Å². The summed E-state index contributed by atoms with van der Waals surface area (Å²) in [5, 5.41) is 3.14. The molecule has 0 spiro atoms. The lowest BCUT2D eigenvalue weighted by atomic mass is 10.0. The lowest BCUT2D eigenvalue weighted by Gasteiger charge is -2.23. The second-order valence-corrected chi connectivity index (χ2v) is 6.66. The van der Waals surface area contributed by atoms with Crippen LogP contribution in [0.2, 0.25) is 0 Å². The molecule has 0 saturated heterocycles. The van der Waals surface area contributed by atoms with E-state index in [4.69, 9.17) is 4.74 Å². The molecule has 0 aromatic heterocycles. The zero-order chi connectivity index (χ0) is 18.4. The van der Waals surface area contributed by atoms with Crippen molar-refractivity contribution in [1.29, 1.82) is 0 Å². The van der Waals surface area contributed by atoms with Gasteiger partial charge in [-0.3, -0.25) is 4.79 Å². The van der Waals surface area contributed by atoms with Crippen LogP contribution < -0.4 is 10.1 Å². The minimum atomic E-state index is -0.485. The van der Waals surface area contributed by atoms with E-state index in [1.807, 2.05) is 32.9 Å². The van der Waals surface area contributed by atoms with Crippen LogP contribution in [0.4, 0.5) is 0 Å². The SMILES string of the molecule is CC[C@H](Oc1ccc(C)cc1C)C(=O)N[C@H](CC)c1ccc(C)cc1. The number of ether oxygens (including phenoxy) is 1. The van der Waals surface area contributed by atoms with Crippen LogP contribution >= 0.6 is 0 Å². The molecule has 1 amide bonds. The molecule has 2 atom stereocenters. The van der Waals surface area contributed by atoms with Gasteiger partial charge >= 0.3 is 0 Å². The van der Waals surface area contributed by atoms with Crippen molar-refractivity contribution < 1.29 is 9.53 Å². The van der Waals surface area contributed by atoms with E-state index in [0.717, 1.165) is 23.3 Å². The molecule has 0 heterocycles. The van der Waals surface area contributed by atoms with E-state index in [1.54, 1.807) is 0 Å². The van der Waals surface area contributed by atoms with Crippen molar-refractivity contribution in [2.75, 3.05) is 0 Å². The van der Waals surface area contributed by atoms with Gasteiger partial charge in [0.25, 0.3) is 5.91 Å². The Labute approximate surface area is 151 Å². The van der Waals surface area contributed by atoms with E-state index in [-0.39, 0.29) is 11.9 Å². The summed E-state index contributed by atoms with van der Waals surface area (Å²) in [6.07, 6.45) is 0.985. The maximum Gasteiger partial charge on any atom is 0.261 e. The number of hydrogen-bond acceptors (Lipinski definition) is 2. The first-order valence-corrected chi connectivity index (χ1v) is 9.05. The molecule has 0 aliphatic carbocycles. The van der Waals surface area contributed by atoms with Crippen LogP contribution in [0.15, 0.2) is 42.5 Å². The molecular formula is C22H29NO2. The molecule has 134 valence electrons. The quantitative estimate of drug-likeness (QED) is 0.768. The van der Waals surface area contributed by atoms with E-state index in [9.17, 15) is 4.79 Å². The predicted molar refractivity (Wildman–Crippen MR) is 103 cm³/mol. The van der Waals surface area contributed by atoms with E-state index < -0.39 is 6.10 Å². The molecule has 0 aliphatic rings. The average molecular weight is 339 g/mol. The first-order chi connectivity index (χ1) is 11.9.